The van der Waals surface area contributed by atoms with Crippen molar-refractivity contribution >= 4 is 199 Å². The fraction of sp³-hybridized carbons (Fsp3) is 0.0233. The quantitative estimate of drug-likeness (QED) is 0.105. The van der Waals surface area contributed by atoms with Gasteiger partial charge < -0.3 is 42.3 Å². The summed E-state index contributed by atoms with van der Waals surface area (Å²) in [6.45, 7) is 4.73. The lowest BCUT2D eigenvalue weighted by Gasteiger charge is -2.31. The Balaban J connectivity index is 0.000000137. The van der Waals surface area contributed by atoms with Crippen molar-refractivity contribution in [2.45, 2.75) is 19.3 Å². The smallest absolute Gasteiger partial charge is 0.159 e. The van der Waals surface area contributed by atoms with Crippen LogP contribution in [0.5, 0.6) is 23.0 Å². The molecular weight excluding hydrogens is 1690 g/mol. The number of hydrogen-bond acceptors (Lipinski definition) is 9. The number of rotatable bonds is 13. The van der Waals surface area contributed by atoms with Crippen LogP contribution in [0.4, 0.5) is 68.2 Å². The Morgan fingerprint density at radius 1 is 0.174 bits per heavy atom. The Labute approximate surface area is 794 Å². The Hall–Kier alpha value is -18.2. The maximum Gasteiger partial charge on any atom is 0.159 e. The zero-order chi connectivity index (χ0) is 91.0. The zero-order valence-corrected chi connectivity index (χ0v) is 75.2. The molecule has 2 aliphatic heterocycles. The monoisotopic (exact) mass is 1770 g/mol. The second kappa shape index (κ2) is 31.0. The van der Waals surface area contributed by atoms with E-state index in [4.69, 9.17) is 22.7 Å². The van der Waals surface area contributed by atoms with Gasteiger partial charge in [0, 0.05) is 123 Å². The van der Waals surface area contributed by atoms with Gasteiger partial charge in [0.1, 0.15) is 45.3 Å². The molecule has 26 aromatic rings. The molecule has 1 aliphatic carbocycles. The molecule has 0 saturated carbocycles. The summed E-state index contributed by atoms with van der Waals surface area (Å²) in [5.74, 6) is 3.28. The zero-order valence-electron chi connectivity index (χ0n) is 75.2. The first-order chi connectivity index (χ1) is 68.2. The molecule has 9 nitrogen and oxygen atoms in total. The maximum atomic E-state index is 7.09. The minimum atomic E-state index is -0.172. The highest BCUT2D eigenvalue weighted by atomic mass is 16.5. The second-order valence-corrected chi connectivity index (χ2v) is 36.8. The van der Waals surface area contributed by atoms with E-state index in [-0.39, 0.29) is 5.41 Å². The topological polar surface area (TPSA) is 70.8 Å². The number of ether oxygens (including phenoxy) is 2. The number of anilines is 12. The molecule has 138 heavy (non-hydrogen) atoms. The summed E-state index contributed by atoms with van der Waals surface area (Å²) in [6, 6.07) is 165. The van der Waals surface area contributed by atoms with E-state index in [2.05, 4.69) is 452 Å². The van der Waals surface area contributed by atoms with Gasteiger partial charge in [0.2, 0.25) is 0 Å². The number of furan rings is 3. The van der Waals surface area contributed by atoms with Gasteiger partial charge in [0.05, 0.1) is 39.8 Å². The van der Waals surface area contributed by atoms with Crippen LogP contribution in [0, 0.1) is 0 Å². The van der Waals surface area contributed by atoms with Gasteiger partial charge in [-0.2, -0.15) is 0 Å². The van der Waals surface area contributed by atoms with Crippen molar-refractivity contribution in [3.8, 4) is 67.5 Å². The summed E-state index contributed by atoms with van der Waals surface area (Å²) in [4.78, 5) is 9.42. The van der Waals surface area contributed by atoms with Gasteiger partial charge in [0.15, 0.2) is 11.2 Å². The lowest BCUT2D eigenvalue weighted by molar-refractivity contribution is 0.487. The van der Waals surface area contributed by atoms with Crippen molar-refractivity contribution in [2.24, 2.45) is 0 Å². The number of fused-ring (bicyclic) bond motifs is 24. The summed E-state index contributed by atoms with van der Waals surface area (Å²) < 4.78 is 33.8. The molecule has 0 unspecified atom stereocenters. The lowest BCUT2D eigenvalue weighted by Crippen LogP contribution is -2.17. The number of para-hydroxylation sites is 9. The van der Waals surface area contributed by atoms with E-state index in [9.17, 15) is 0 Å². The Morgan fingerprint density at radius 3 is 1.06 bits per heavy atom. The molecule has 0 atom stereocenters. The van der Waals surface area contributed by atoms with Crippen LogP contribution in [-0.2, 0) is 5.41 Å². The molecule has 0 amide bonds. The van der Waals surface area contributed by atoms with Gasteiger partial charge >= 0.3 is 0 Å². The largest absolute Gasteiger partial charge is 0.456 e. The summed E-state index contributed by atoms with van der Waals surface area (Å²) in [5.41, 5.74) is 29.4. The van der Waals surface area contributed by atoms with Crippen LogP contribution >= 0.6 is 0 Å². The van der Waals surface area contributed by atoms with Crippen molar-refractivity contribution in [2.75, 3.05) is 19.6 Å². The van der Waals surface area contributed by atoms with E-state index in [1.165, 1.54) is 60.1 Å². The van der Waals surface area contributed by atoms with Gasteiger partial charge in [-0.15, -0.1) is 0 Å². The average molecular weight is 1770 g/mol. The normalized spacial score (nSPS) is 12.6. The molecule has 0 saturated heterocycles. The molecule has 0 bridgehead atoms. The highest BCUT2D eigenvalue weighted by molar-refractivity contribution is 6.28. The van der Waals surface area contributed by atoms with Crippen LogP contribution in [0.2, 0.25) is 0 Å². The molecule has 3 aliphatic rings. The van der Waals surface area contributed by atoms with E-state index < -0.39 is 0 Å². The molecule has 29 rings (SSSR count). The van der Waals surface area contributed by atoms with Crippen molar-refractivity contribution in [1.82, 2.24) is 0 Å². The molecule has 9 heteroatoms. The molecule has 3 aromatic heterocycles. The first-order valence-electron chi connectivity index (χ1n) is 47.1. The fourth-order valence-electron chi connectivity index (χ4n) is 22.6. The molecule has 5 heterocycles. The van der Waals surface area contributed by atoms with Crippen LogP contribution in [-0.4, -0.2) is 0 Å². The highest BCUT2D eigenvalue weighted by Gasteiger charge is 2.38. The van der Waals surface area contributed by atoms with E-state index in [0.717, 1.165) is 217 Å². The van der Waals surface area contributed by atoms with Crippen molar-refractivity contribution in [3.05, 3.63) is 472 Å². The van der Waals surface area contributed by atoms with Crippen molar-refractivity contribution in [3.63, 3.8) is 0 Å². The molecule has 0 radical (unpaired) electrons. The Bertz CT molecular complexity index is 9550. The third-order valence-electron chi connectivity index (χ3n) is 28.8. The van der Waals surface area contributed by atoms with Crippen LogP contribution in [0.1, 0.15) is 25.0 Å². The van der Waals surface area contributed by atoms with Gasteiger partial charge in [0.25, 0.3) is 0 Å². The summed E-state index contributed by atoms with van der Waals surface area (Å²) in [7, 11) is 0. The van der Waals surface area contributed by atoms with Gasteiger partial charge in [-0.3, -0.25) is 0 Å². The average Bonchev–Trinajstić information content (AvgIpc) is 1.16. The lowest BCUT2D eigenvalue weighted by atomic mass is 9.82. The number of nitrogens with zero attached hydrogens (tertiary/aromatic N) is 4. The summed E-state index contributed by atoms with van der Waals surface area (Å²) in [5, 5.41) is 20.5. The van der Waals surface area contributed by atoms with Crippen LogP contribution in [0.25, 0.3) is 175 Å². The SMILES string of the molecule is CC1(C)c2ccccc2-c2ccc(N(c3ccccc3-c3ccccc3)c3cc4c5cccc6c5c(cc4c4ccccc34)-c3ccc(N(c4ccccc4)c4cccc5c4oc4ccccc45)cc3O6)cc21.c1ccc(N(c2ccc3c(c2)oc2ccccc23)c2cc3c4cccc5c4c(cc3c3ccccc23)-c2ccc(N(c3ccccc3)c3cccc4c3oc3ccccc34)cc2O5)cc1. The van der Waals surface area contributed by atoms with Gasteiger partial charge in [-0.05, 0) is 240 Å². The van der Waals surface area contributed by atoms with Crippen molar-refractivity contribution in [1.29, 1.82) is 0 Å². The molecule has 0 N–H and O–H groups in total. The second-order valence-electron chi connectivity index (χ2n) is 36.8. The van der Waals surface area contributed by atoms with Crippen LogP contribution in [0.15, 0.2) is 474 Å². The first kappa shape index (κ1) is 78.5. The number of hydrogen-bond donors (Lipinski definition) is 0. The maximum absolute atomic E-state index is 7.09. The van der Waals surface area contributed by atoms with Crippen LogP contribution < -0.4 is 29.1 Å². The van der Waals surface area contributed by atoms with E-state index in [1.807, 2.05) is 42.5 Å². The molecule has 648 valence electrons. The Morgan fingerprint density at radius 2 is 0.529 bits per heavy atom. The minimum absolute atomic E-state index is 0.172. The number of benzene rings is 23. The molecular formula is C129H82N4O5. The molecule has 23 aromatic carbocycles. The standard InChI is InChI=1S/C69H46N2O2.C60H36N2O3/c1-69(2)59-30-14-11-25-49(59)50-37-35-45(39-60(50)69)71(61-31-15-12-23-47(61)43-19-5-3-6-20-43)63-42-57-54-28-18-34-65-67(54)58(41-56(57)48-24-9-10-26-51(48)63)53-38-36-46(40-66(53)72-65)70(44-21-7-4-8-22-44)62-32-17-29-55-52-27-13-16-33-64(52)73-68(55)62;1-3-15-37(16-4-1)61(52-25-13-24-48-44-22-10-12-27-55(44)65-60(48)52)39-30-32-46-51-35-49-41-19-7-8-20-42(41)53(36-50(49)47-23-14-28-56(59(47)51)64-58(46)33-39)62(38-17-5-2-6-18-38)40-29-31-45-43-21-9-11-26-54(43)63-57(45)34-40/h3-42H,1-2H3;1-36H. The predicted molar refractivity (Wildman–Crippen MR) is 573 cm³/mol. The van der Waals surface area contributed by atoms with E-state index >= 15 is 0 Å². The molecule has 0 spiro atoms. The minimum Gasteiger partial charge on any atom is -0.456 e. The van der Waals surface area contributed by atoms with E-state index in [0.29, 0.717) is 0 Å². The predicted octanol–water partition coefficient (Wildman–Crippen LogP) is 37.4. The third kappa shape index (κ3) is 12.2. The summed E-state index contributed by atoms with van der Waals surface area (Å²) >= 11 is 0. The van der Waals surface area contributed by atoms with Crippen molar-refractivity contribution < 1.29 is 22.7 Å². The van der Waals surface area contributed by atoms with Gasteiger partial charge in [-0.25, -0.2) is 0 Å². The summed E-state index contributed by atoms with van der Waals surface area (Å²) in [6.07, 6.45) is 0. The fourth-order valence-corrected chi connectivity index (χ4v) is 22.6. The van der Waals surface area contributed by atoms with E-state index in [1.54, 1.807) is 0 Å². The Kier molecular flexibility index (Phi) is 17.6. The first-order valence-corrected chi connectivity index (χ1v) is 47.1. The third-order valence-corrected chi connectivity index (χ3v) is 28.8. The van der Waals surface area contributed by atoms with Crippen LogP contribution in [0.3, 0.4) is 0 Å². The highest BCUT2D eigenvalue weighted by Crippen LogP contribution is 2.59. The molecule has 0 fully saturated rings. The van der Waals surface area contributed by atoms with Gasteiger partial charge in [-0.1, -0.05) is 299 Å².